The van der Waals surface area contributed by atoms with Gasteiger partial charge in [0.1, 0.15) is 29.9 Å². The topological polar surface area (TPSA) is 46.2 Å². The zero-order chi connectivity index (χ0) is 23.9. The van der Waals surface area contributed by atoms with Crippen LogP contribution in [0.2, 0.25) is 0 Å². The summed E-state index contributed by atoms with van der Waals surface area (Å²) in [6.07, 6.45) is -1.60. The summed E-state index contributed by atoms with van der Waals surface area (Å²) in [6.45, 7) is 3.54. The van der Waals surface area contributed by atoms with Gasteiger partial charge in [0.05, 0.1) is 19.8 Å². The van der Waals surface area contributed by atoms with E-state index in [1.54, 1.807) is 11.8 Å². The molecule has 0 radical (unpaired) electrons. The lowest BCUT2D eigenvalue weighted by atomic mass is 9.98. The fourth-order valence-corrected chi connectivity index (χ4v) is 5.50. The number of hydrogen-bond donors (Lipinski definition) is 0. The molecule has 35 heavy (non-hydrogen) atoms. The highest BCUT2D eigenvalue weighted by Crippen LogP contribution is 2.39. The van der Waals surface area contributed by atoms with E-state index < -0.39 is 6.29 Å². The first-order chi connectivity index (χ1) is 17.3. The second-order valence-corrected chi connectivity index (χ2v) is 10.1. The maximum Gasteiger partial charge on any atom is 0.184 e. The Kier molecular flexibility index (Phi) is 8.52. The van der Waals surface area contributed by atoms with E-state index in [-0.39, 0.29) is 29.9 Å². The van der Waals surface area contributed by atoms with Gasteiger partial charge in [0.2, 0.25) is 0 Å². The van der Waals surface area contributed by atoms with E-state index >= 15 is 0 Å². The summed E-state index contributed by atoms with van der Waals surface area (Å²) in [5.41, 5.74) is 3.04. The quantitative estimate of drug-likeness (QED) is 0.379. The van der Waals surface area contributed by atoms with Crippen molar-refractivity contribution in [2.75, 3.05) is 12.4 Å². The Morgan fingerprint density at radius 3 is 1.91 bits per heavy atom. The van der Waals surface area contributed by atoms with Crippen LogP contribution in [0, 0.1) is 0 Å². The smallest absolute Gasteiger partial charge is 0.184 e. The number of benzene rings is 3. The Morgan fingerprint density at radius 2 is 1.31 bits per heavy atom. The SMILES string of the molecule is CCSC1O[C@@H]2COC(c3ccccc3)O[C@@H]2[C@H](OCc2ccccc2)[C@H]1OCc1ccccc1. The van der Waals surface area contributed by atoms with Gasteiger partial charge in [-0.25, -0.2) is 0 Å². The summed E-state index contributed by atoms with van der Waals surface area (Å²) >= 11 is 1.74. The maximum absolute atomic E-state index is 6.60. The van der Waals surface area contributed by atoms with Crippen LogP contribution >= 0.6 is 11.8 Å². The second-order valence-electron chi connectivity index (χ2n) is 8.70. The van der Waals surface area contributed by atoms with E-state index in [0.29, 0.717) is 19.8 Å². The van der Waals surface area contributed by atoms with Crippen LogP contribution in [0.4, 0.5) is 0 Å². The molecule has 0 N–H and O–H groups in total. The summed E-state index contributed by atoms with van der Waals surface area (Å²) in [4.78, 5) is 0. The van der Waals surface area contributed by atoms with Crippen LogP contribution in [-0.4, -0.2) is 42.2 Å². The standard InChI is InChI=1S/C29H32O5S/c1-2-35-29-27(31-19-22-14-8-4-9-15-22)26(30-18-21-12-6-3-7-13-21)25-24(33-29)20-32-28(34-25)23-16-10-5-11-17-23/h3-17,24-29H,2,18-20H2,1H3/t24-,25+,26+,27-,28?,29?/m1/s1. The number of ether oxygens (including phenoxy) is 5. The lowest BCUT2D eigenvalue weighted by Crippen LogP contribution is -2.62. The number of rotatable bonds is 9. The Labute approximate surface area is 211 Å². The number of thioether (sulfide) groups is 1. The predicted molar refractivity (Wildman–Crippen MR) is 137 cm³/mol. The molecule has 2 heterocycles. The lowest BCUT2D eigenvalue weighted by Gasteiger charge is -2.49. The van der Waals surface area contributed by atoms with Crippen LogP contribution in [0.15, 0.2) is 91.0 Å². The van der Waals surface area contributed by atoms with Crippen molar-refractivity contribution in [2.45, 2.75) is 56.3 Å². The molecule has 0 saturated carbocycles. The Morgan fingerprint density at radius 1 is 0.743 bits per heavy atom. The van der Waals surface area contributed by atoms with Gasteiger partial charge < -0.3 is 23.7 Å². The van der Waals surface area contributed by atoms with E-state index in [1.165, 1.54) is 0 Å². The fraction of sp³-hybridized carbons (Fsp3) is 0.379. The first-order valence-corrected chi connectivity index (χ1v) is 13.3. The minimum absolute atomic E-state index is 0.175. The Hall–Kier alpha value is -2.19. The third-order valence-corrected chi connectivity index (χ3v) is 7.30. The molecule has 0 aromatic heterocycles. The van der Waals surface area contributed by atoms with Crippen molar-refractivity contribution in [3.8, 4) is 0 Å². The molecule has 0 spiro atoms. The molecule has 184 valence electrons. The van der Waals surface area contributed by atoms with Crippen molar-refractivity contribution < 1.29 is 23.7 Å². The molecule has 6 atom stereocenters. The molecule has 2 unspecified atom stereocenters. The average molecular weight is 493 g/mol. The van der Waals surface area contributed by atoms with Gasteiger partial charge in [-0.2, -0.15) is 0 Å². The van der Waals surface area contributed by atoms with Gasteiger partial charge in [0, 0.05) is 5.56 Å². The molecule has 2 aliphatic heterocycles. The van der Waals surface area contributed by atoms with E-state index in [0.717, 1.165) is 22.4 Å². The molecular weight excluding hydrogens is 460 g/mol. The second kappa shape index (κ2) is 12.2. The van der Waals surface area contributed by atoms with Gasteiger partial charge in [0.25, 0.3) is 0 Å². The molecular formula is C29H32O5S. The molecule has 5 rings (SSSR count). The predicted octanol–water partition coefficient (Wildman–Crippen LogP) is 5.75. The van der Waals surface area contributed by atoms with Crippen molar-refractivity contribution in [2.24, 2.45) is 0 Å². The normalized spacial score (nSPS) is 28.4. The van der Waals surface area contributed by atoms with Crippen LogP contribution in [0.5, 0.6) is 0 Å². The molecule has 6 heteroatoms. The molecule has 2 aliphatic rings. The van der Waals surface area contributed by atoms with Crippen molar-refractivity contribution >= 4 is 11.8 Å². The first-order valence-electron chi connectivity index (χ1n) is 12.2. The minimum Gasteiger partial charge on any atom is -0.368 e. The van der Waals surface area contributed by atoms with Gasteiger partial charge in [-0.05, 0) is 16.9 Å². The van der Waals surface area contributed by atoms with Gasteiger partial charge in [-0.15, -0.1) is 11.8 Å². The van der Waals surface area contributed by atoms with Crippen LogP contribution < -0.4 is 0 Å². The summed E-state index contributed by atoms with van der Waals surface area (Å²) < 4.78 is 32.2. The highest BCUT2D eigenvalue weighted by atomic mass is 32.2. The van der Waals surface area contributed by atoms with E-state index in [2.05, 4.69) is 31.2 Å². The first kappa shape index (κ1) is 24.5. The van der Waals surface area contributed by atoms with E-state index in [4.69, 9.17) is 23.7 Å². The lowest BCUT2D eigenvalue weighted by molar-refractivity contribution is -0.329. The zero-order valence-corrected chi connectivity index (χ0v) is 20.7. The summed E-state index contributed by atoms with van der Waals surface area (Å²) in [7, 11) is 0. The number of hydrogen-bond acceptors (Lipinski definition) is 6. The van der Waals surface area contributed by atoms with Gasteiger partial charge >= 0.3 is 0 Å². The Bertz CT molecular complexity index is 1020. The molecule has 3 aromatic carbocycles. The largest absolute Gasteiger partial charge is 0.368 e. The van der Waals surface area contributed by atoms with Gasteiger partial charge in [-0.3, -0.25) is 0 Å². The van der Waals surface area contributed by atoms with Crippen molar-refractivity contribution in [3.05, 3.63) is 108 Å². The average Bonchev–Trinajstić information content (AvgIpc) is 2.92. The highest BCUT2D eigenvalue weighted by Gasteiger charge is 2.51. The molecule has 0 amide bonds. The summed E-state index contributed by atoms with van der Waals surface area (Å²) in [5, 5.41) is 0. The molecule has 3 aromatic rings. The van der Waals surface area contributed by atoms with Crippen LogP contribution in [0.1, 0.15) is 29.9 Å². The third-order valence-electron chi connectivity index (χ3n) is 6.26. The van der Waals surface area contributed by atoms with Crippen molar-refractivity contribution in [1.82, 2.24) is 0 Å². The third kappa shape index (κ3) is 6.15. The molecule has 2 fully saturated rings. The van der Waals surface area contributed by atoms with Gasteiger partial charge in [0.15, 0.2) is 6.29 Å². The van der Waals surface area contributed by atoms with Crippen molar-refractivity contribution in [1.29, 1.82) is 0 Å². The summed E-state index contributed by atoms with van der Waals surface area (Å²) in [5.74, 6) is 0.910. The van der Waals surface area contributed by atoms with E-state index in [1.807, 2.05) is 66.7 Å². The molecule has 0 aliphatic carbocycles. The number of fused-ring (bicyclic) bond motifs is 1. The summed E-state index contributed by atoms with van der Waals surface area (Å²) in [6, 6.07) is 30.5. The van der Waals surface area contributed by atoms with Crippen LogP contribution in [0.3, 0.4) is 0 Å². The molecule has 0 bridgehead atoms. The fourth-order valence-electron chi connectivity index (χ4n) is 4.52. The van der Waals surface area contributed by atoms with Crippen molar-refractivity contribution in [3.63, 3.8) is 0 Å². The minimum atomic E-state index is -0.464. The van der Waals surface area contributed by atoms with Crippen LogP contribution in [-0.2, 0) is 36.9 Å². The van der Waals surface area contributed by atoms with E-state index in [9.17, 15) is 0 Å². The van der Waals surface area contributed by atoms with Gasteiger partial charge in [-0.1, -0.05) is 97.9 Å². The monoisotopic (exact) mass is 492 g/mol. The molecule has 2 saturated heterocycles. The maximum atomic E-state index is 6.60. The molecule has 5 nitrogen and oxygen atoms in total. The Balaban J connectivity index is 1.40. The van der Waals surface area contributed by atoms with Crippen LogP contribution in [0.25, 0.3) is 0 Å². The zero-order valence-electron chi connectivity index (χ0n) is 19.9. The highest BCUT2D eigenvalue weighted by molar-refractivity contribution is 7.99.